The zero-order valence-electron chi connectivity index (χ0n) is 19.5. The Hall–Kier alpha value is -4.32. The highest BCUT2D eigenvalue weighted by Gasteiger charge is 2.12. The van der Waals surface area contributed by atoms with Gasteiger partial charge in [0.2, 0.25) is 0 Å². The van der Waals surface area contributed by atoms with E-state index in [0.717, 1.165) is 45.6 Å². The molecule has 35 heavy (non-hydrogen) atoms. The van der Waals surface area contributed by atoms with Crippen molar-refractivity contribution in [2.75, 3.05) is 29.6 Å². The van der Waals surface area contributed by atoms with Gasteiger partial charge in [0, 0.05) is 31.2 Å². The third-order valence-electron chi connectivity index (χ3n) is 4.85. The molecule has 178 valence electrons. The molecule has 0 radical (unpaired) electrons. The lowest BCUT2D eigenvalue weighted by Crippen LogP contribution is -2.12. The minimum absolute atomic E-state index is 0.127. The van der Waals surface area contributed by atoms with E-state index >= 15 is 0 Å². The van der Waals surface area contributed by atoms with Gasteiger partial charge in [-0.15, -0.1) is 0 Å². The minimum atomic E-state index is -0.349. The van der Waals surface area contributed by atoms with Crippen LogP contribution in [0.3, 0.4) is 0 Å². The monoisotopic (exact) mass is 505 g/mol. The maximum Gasteiger partial charge on any atom is 0.278 e. The summed E-state index contributed by atoms with van der Waals surface area (Å²) in [7, 11) is 4.02. The first-order chi connectivity index (χ1) is 16.7. The number of aryl methyl sites for hydroxylation is 2. The van der Waals surface area contributed by atoms with Crippen LogP contribution in [0.1, 0.15) is 22.3 Å². The van der Waals surface area contributed by atoms with Gasteiger partial charge in [-0.3, -0.25) is 18.3 Å². The Morgan fingerprint density at radius 3 is 1.69 bits per heavy atom. The summed E-state index contributed by atoms with van der Waals surface area (Å²) in [5.74, 6) is 0. The van der Waals surface area contributed by atoms with Crippen LogP contribution in [-0.2, 0) is 0 Å². The van der Waals surface area contributed by atoms with Crippen molar-refractivity contribution in [2.45, 2.75) is 13.8 Å². The van der Waals surface area contributed by atoms with Gasteiger partial charge in [-0.2, -0.15) is 10.5 Å². The van der Waals surface area contributed by atoms with Gasteiger partial charge >= 0.3 is 0 Å². The molecule has 0 fully saturated rings. The summed E-state index contributed by atoms with van der Waals surface area (Å²) in [5.41, 5.74) is 4.74. The number of nitrogens with zero attached hydrogens (tertiary/aromatic N) is 3. The molecular formula is C24H23N7O2S2. The molecule has 4 N–H and O–H groups in total. The summed E-state index contributed by atoms with van der Waals surface area (Å²) < 4.78 is 5.07. The first kappa shape index (κ1) is 25.3. The first-order valence-electron chi connectivity index (χ1n) is 10.4. The van der Waals surface area contributed by atoms with Crippen LogP contribution in [0.5, 0.6) is 0 Å². The predicted molar refractivity (Wildman–Crippen MR) is 143 cm³/mol. The number of hydrogen-bond acceptors (Lipinski definition) is 9. The smallest absolute Gasteiger partial charge is 0.278 e. The fourth-order valence-corrected chi connectivity index (χ4v) is 4.91. The minimum Gasteiger partial charge on any atom is -0.377 e. The molecule has 4 rings (SSSR count). The van der Waals surface area contributed by atoms with Crippen molar-refractivity contribution in [3.63, 3.8) is 0 Å². The van der Waals surface area contributed by atoms with E-state index in [1.807, 2.05) is 82.5 Å². The molecule has 2 aromatic heterocycles. The number of hydrogen-bond donors (Lipinski definition) is 4. The van der Waals surface area contributed by atoms with E-state index in [9.17, 15) is 9.59 Å². The summed E-state index contributed by atoms with van der Waals surface area (Å²) in [4.78, 5) is 24.7. The van der Waals surface area contributed by atoms with E-state index in [2.05, 4.69) is 24.3 Å². The predicted octanol–water partition coefficient (Wildman–Crippen LogP) is 4.79. The summed E-state index contributed by atoms with van der Waals surface area (Å²) in [5, 5.41) is 25.0. The zero-order valence-corrected chi connectivity index (χ0v) is 21.1. The van der Waals surface area contributed by atoms with Gasteiger partial charge < -0.3 is 15.5 Å². The number of anilines is 5. The molecule has 2 heterocycles. The number of rotatable bonds is 5. The van der Waals surface area contributed by atoms with Gasteiger partial charge in [0.05, 0.1) is 0 Å². The Bertz CT molecular complexity index is 1490. The number of para-hydroxylation sites is 1. The van der Waals surface area contributed by atoms with Crippen molar-refractivity contribution in [3.05, 3.63) is 85.4 Å². The topological polar surface area (TPSA) is 141 Å². The standard InChI is InChI=1S/C14H16N4OS.C10H7N3OS/c1-8-5-10(6-9(2)12(8)18(3)4)16-14-11(7-15)13(19)17-20-14;11-6-8-9(14)13-15-10(8)12-7-4-2-1-3-5-7/h5-6,16H,1-4H3,(H,17,19);1-5,12H,(H,13,14). The third kappa shape index (κ3) is 5.98. The number of aromatic nitrogens is 2. The van der Waals surface area contributed by atoms with Crippen LogP contribution >= 0.6 is 23.1 Å². The summed E-state index contributed by atoms with van der Waals surface area (Å²) >= 11 is 2.26. The van der Waals surface area contributed by atoms with E-state index in [-0.39, 0.29) is 22.2 Å². The average molecular weight is 506 g/mol. The maximum absolute atomic E-state index is 11.4. The van der Waals surface area contributed by atoms with E-state index in [1.165, 1.54) is 5.69 Å². The SMILES string of the molecule is Cc1cc(Nc2s[nH]c(=O)c2C#N)cc(C)c1N(C)C.N#Cc1c(Nc2ccccc2)s[nH]c1=O. The van der Waals surface area contributed by atoms with E-state index < -0.39 is 0 Å². The molecule has 0 unspecified atom stereocenters. The van der Waals surface area contributed by atoms with Crippen LogP contribution in [0.25, 0.3) is 0 Å². The van der Waals surface area contributed by atoms with Crippen molar-refractivity contribution in [1.29, 1.82) is 10.5 Å². The lowest BCUT2D eigenvalue weighted by atomic mass is 10.1. The lowest BCUT2D eigenvalue weighted by Gasteiger charge is -2.20. The van der Waals surface area contributed by atoms with Crippen LogP contribution in [0.4, 0.5) is 27.1 Å². The van der Waals surface area contributed by atoms with Gasteiger partial charge in [-0.05, 0) is 72.3 Å². The summed E-state index contributed by atoms with van der Waals surface area (Å²) in [6, 6.07) is 17.2. The molecule has 0 aliphatic rings. The molecule has 0 saturated carbocycles. The quantitative estimate of drug-likeness (QED) is 0.306. The number of nitriles is 2. The normalized spacial score (nSPS) is 9.89. The Labute approximate surface area is 210 Å². The first-order valence-corrected chi connectivity index (χ1v) is 12.0. The Kier molecular flexibility index (Phi) is 8.10. The lowest BCUT2D eigenvalue weighted by molar-refractivity contribution is 1.10. The molecule has 9 nitrogen and oxygen atoms in total. The van der Waals surface area contributed by atoms with Crippen molar-refractivity contribution in [1.82, 2.24) is 8.75 Å². The Morgan fingerprint density at radius 1 is 0.800 bits per heavy atom. The molecule has 0 spiro atoms. The van der Waals surface area contributed by atoms with Crippen LogP contribution in [-0.4, -0.2) is 22.8 Å². The van der Waals surface area contributed by atoms with Gasteiger partial charge in [0.25, 0.3) is 11.1 Å². The summed E-state index contributed by atoms with van der Waals surface area (Å²) in [6.45, 7) is 4.08. The molecule has 0 aliphatic heterocycles. The van der Waals surface area contributed by atoms with Crippen LogP contribution in [0.2, 0.25) is 0 Å². The average Bonchev–Trinajstić information content (AvgIpc) is 3.35. The van der Waals surface area contributed by atoms with Crippen molar-refractivity contribution < 1.29 is 0 Å². The summed E-state index contributed by atoms with van der Waals surface area (Å²) in [6.07, 6.45) is 0. The largest absolute Gasteiger partial charge is 0.377 e. The highest BCUT2D eigenvalue weighted by atomic mass is 32.1. The Balaban J connectivity index is 0.000000203. The molecule has 0 saturated heterocycles. The second-order valence-electron chi connectivity index (χ2n) is 7.67. The fourth-order valence-electron chi connectivity index (χ4n) is 3.50. The van der Waals surface area contributed by atoms with Crippen LogP contribution in [0.15, 0.2) is 52.1 Å². The number of H-pyrrole nitrogens is 2. The second-order valence-corrected chi connectivity index (χ2v) is 9.30. The second kappa shape index (κ2) is 11.2. The third-order valence-corrected chi connectivity index (χ3v) is 6.45. The molecule has 2 aromatic carbocycles. The van der Waals surface area contributed by atoms with Gasteiger partial charge in [-0.25, -0.2) is 0 Å². The van der Waals surface area contributed by atoms with Gasteiger partial charge in [0.1, 0.15) is 22.1 Å². The van der Waals surface area contributed by atoms with Gasteiger partial charge in [-0.1, -0.05) is 18.2 Å². The molecule has 4 aromatic rings. The Morgan fingerprint density at radius 2 is 1.26 bits per heavy atom. The molecule has 0 amide bonds. The zero-order chi connectivity index (χ0) is 25.5. The fraction of sp³-hybridized carbons (Fsp3) is 0.167. The van der Waals surface area contributed by atoms with E-state index in [0.29, 0.717) is 10.0 Å². The number of nitrogens with one attached hydrogen (secondary N) is 4. The molecule has 0 atom stereocenters. The van der Waals surface area contributed by atoms with Crippen LogP contribution < -0.4 is 26.7 Å². The van der Waals surface area contributed by atoms with Gasteiger partial charge in [0.15, 0.2) is 11.1 Å². The van der Waals surface area contributed by atoms with E-state index in [1.54, 1.807) is 0 Å². The maximum atomic E-state index is 11.4. The highest BCUT2D eigenvalue weighted by Crippen LogP contribution is 2.30. The van der Waals surface area contributed by atoms with Crippen molar-refractivity contribution in [2.24, 2.45) is 0 Å². The molecule has 0 bridgehead atoms. The van der Waals surface area contributed by atoms with Crippen molar-refractivity contribution in [3.8, 4) is 12.1 Å². The highest BCUT2D eigenvalue weighted by molar-refractivity contribution is 7.10. The van der Waals surface area contributed by atoms with E-state index in [4.69, 9.17) is 10.5 Å². The van der Waals surface area contributed by atoms with Crippen molar-refractivity contribution >= 4 is 50.1 Å². The number of aromatic amines is 2. The van der Waals surface area contributed by atoms with Crippen LogP contribution in [0, 0.1) is 36.5 Å². The molecule has 11 heteroatoms. The number of benzene rings is 2. The molecular weight excluding hydrogens is 482 g/mol. The molecule has 0 aliphatic carbocycles.